The van der Waals surface area contributed by atoms with Gasteiger partial charge in [-0.25, -0.2) is 0 Å². The number of carbonyl (C=O) groups excluding carboxylic acids is 3. The summed E-state index contributed by atoms with van der Waals surface area (Å²) in [5, 5.41) is 5.55. The number of anilines is 2. The summed E-state index contributed by atoms with van der Waals surface area (Å²) in [5.41, 5.74) is 4.39. The van der Waals surface area contributed by atoms with Crippen LogP contribution in [0.4, 0.5) is 11.4 Å². The molecular weight excluding hydrogens is 356 g/mol. The Balaban J connectivity index is 1.75. The maximum absolute atomic E-state index is 12.1. The van der Waals surface area contributed by atoms with E-state index in [-0.39, 0.29) is 25.4 Å². The van der Waals surface area contributed by atoms with Crippen LogP contribution >= 0.6 is 0 Å². The molecule has 28 heavy (non-hydrogen) atoms. The second kappa shape index (κ2) is 10.3. The number of carbonyl (C=O) groups is 3. The molecule has 2 N–H and O–H groups in total. The number of hydrogen-bond acceptors (Lipinski definition) is 4. The van der Waals surface area contributed by atoms with Gasteiger partial charge in [-0.15, -0.1) is 0 Å². The summed E-state index contributed by atoms with van der Waals surface area (Å²) < 4.78 is 4.97. The minimum Gasteiger partial charge on any atom is -0.456 e. The highest BCUT2D eigenvalue weighted by atomic mass is 16.5. The Kier molecular flexibility index (Phi) is 7.75. The molecular formula is C22H26N2O4. The summed E-state index contributed by atoms with van der Waals surface area (Å²) in [4.78, 5) is 35.9. The lowest BCUT2D eigenvalue weighted by Crippen LogP contribution is -2.22. The molecule has 2 rings (SSSR count). The average Bonchev–Trinajstić information content (AvgIpc) is 2.68. The summed E-state index contributed by atoms with van der Waals surface area (Å²) in [6, 6.07) is 13.2. The standard InChI is InChI=1S/C22H26N2O4/c1-4-17-10-5-6-11-18(17)23-20(26)14-28-21(27)13-12-19(25)24-22-15(2)8-7-9-16(22)3/h5-11H,4,12-14H2,1-3H3,(H,23,26)(H,24,25). The van der Waals surface area contributed by atoms with Crippen molar-refractivity contribution in [1.82, 2.24) is 0 Å². The van der Waals surface area contributed by atoms with Crippen LogP contribution in [0.2, 0.25) is 0 Å². The van der Waals surface area contributed by atoms with Gasteiger partial charge in [0.2, 0.25) is 5.91 Å². The third kappa shape index (κ3) is 6.23. The molecule has 0 heterocycles. The third-order valence-corrected chi connectivity index (χ3v) is 4.34. The second-order valence-electron chi connectivity index (χ2n) is 6.53. The van der Waals surface area contributed by atoms with Crippen LogP contribution < -0.4 is 10.6 Å². The summed E-state index contributed by atoms with van der Waals surface area (Å²) in [6.07, 6.45) is 0.689. The lowest BCUT2D eigenvalue weighted by molar-refractivity contribution is -0.147. The fraction of sp³-hybridized carbons (Fsp3) is 0.318. The maximum Gasteiger partial charge on any atom is 0.306 e. The topological polar surface area (TPSA) is 84.5 Å². The lowest BCUT2D eigenvalue weighted by Gasteiger charge is -2.11. The highest BCUT2D eigenvalue weighted by Crippen LogP contribution is 2.19. The first-order chi connectivity index (χ1) is 13.4. The summed E-state index contributed by atoms with van der Waals surface area (Å²) in [7, 11) is 0. The predicted molar refractivity (Wildman–Crippen MR) is 109 cm³/mol. The molecule has 0 saturated heterocycles. The molecule has 0 atom stereocenters. The van der Waals surface area contributed by atoms with Gasteiger partial charge in [0.15, 0.2) is 6.61 Å². The molecule has 0 aliphatic carbocycles. The largest absolute Gasteiger partial charge is 0.456 e. The number of esters is 1. The van der Waals surface area contributed by atoms with E-state index in [0.29, 0.717) is 5.69 Å². The molecule has 0 saturated carbocycles. The number of ether oxygens (including phenoxy) is 1. The van der Waals surface area contributed by atoms with Crippen molar-refractivity contribution in [1.29, 1.82) is 0 Å². The zero-order chi connectivity index (χ0) is 20.5. The van der Waals surface area contributed by atoms with Crippen molar-refractivity contribution in [3.8, 4) is 0 Å². The molecule has 6 nitrogen and oxygen atoms in total. The Labute approximate surface area is 165 Å². The molecule has 0 fully saturated rings. The van der Waals surface area contributed by atoms with Crippen molar-refractivity contribution in [3.05, 3.63) is 59.2 Å². The summed E-state index contributed by atoms with van der Waals surface area (Å²) >= 11 is 0. The molecule has 2 aromatic carbocycles. The molecule has 0 bridgehead atoms. The van der Waals surface area contributed by atoms with Gasteiger partial charge in [-0.3, -0.25) is 14.4 Å². The van der Waals surface area contributed by atoms with Crippen LogP contribution in [0.3, 0.4) is 0 Å². The number of benzene rings is 2. The monoisotopic (exact) mass is 382 g/mol. The Morgan fingerprint density at radius 2 is 1.54 bits per heavy atom. The van der Waals surface area contributed by atoms with Gasteiger partial charge < -0.3 is 15.4 Å². The number of nitrogens with one attached hydrogen (secondary N) is 2. The SMILES string of the molecule is CCc1ccccc1NC(=O)COC(=O)CCC(=O)Nc1c(C)cccc1C. The van der Waals surface area contributed by atoms with Crippen molar-refractivity contribution in [2.75, 3.05) is 17.2 Å². The highest BCUT2D eigenvalue weighted by Gasteiger charge is 2.13. The van der Waals surface area contributed by atoms with E-state index in [2.05, 4.69) is 10.6 Å². The molecule has 6 heteroatoms. The van der Waals surface area contributed by atoms with E-state index in [1.807, 2.05) is 57.2 Å². The molecule has 0 radical (unpaired) electrons. The Morgan fingerprint density at radius 3 is 2.21 bits per heavy atom. The Bertz CT molecular complexity index is 841. The number of hydrogen-bond donors (Lipinski definition) is 2. The van der Waals surface area contributed by atoms with Crippen molar-refractivity contribution in [3.63, 3.8) is 0 Å². The number of rotatable bonds is 8. The van der Waals surface area contributed by atoms with Gasteiger partial charge in [-0.2, -0.15) is 0 Å². The molecule has 0 unspecified atom stereocenters. The van der Waals surface area contributed by atoms with Crippen LogP contribution in [0.25, 0.3) is 0 Å². The predicted octanol–water partition coefficient (Wildman–Crippen LogP) is 3.77. The number of amides is 2. The fourth-order valence-electron chi connectivity index (χ4n) is 2.78. The maximum atomic E-state index is 12.1. The van der Waals surface area contributed by atoms with E-state index in [1.165, 1.54) is 0 Å². The number of aryl methyl sites for hydroxylation is 3. The van der Waals surface area contributed by atoms with Gasteiger partial charge in [0.05, 0.1) is 6.42 Å². The van der Waals surface area contributed by atoms with E-state index >= 15 is 0 Å². The van der Waals surface area contributed by atoms with Gasteiger partial charge in [-0.1, -0.05) is 43.3 Å². The molecule has 0 aromatic heterocycles. The van der Waals surface area contributed by atoms with Crippen molar-refractivity contribution < 1.29 is 19.1 Å². The zero-order valence-electron chi connectivity index (χ0n) is 16.5. The van der Waals surface area contributed by atoms with Gasteiger partial charge in [-0.05, 0) is 43.0 Å². The van der Waals surface area contributed by atoms with Crippen LogP contribution in [-0.4, -0.2) is 24.4 Å². The fourth-order valence-corrected chi connectivity index (χ4v) is 2.78. The van der Waals surface area contributed by atoms with Gasteiger partial charge in [0.1, 0.15) is 0 Å². The molecule has 2 aromatic rings. The molecule has 2 amide bonds. The van der Waals surface area contributed by atoms with Gasteiger partial charge in [0, 0.05) is 17.8 Å². The van der Waals surface area contributed by atoms with Crippen molar-refractivity contribution >= 4 is 29.2 Å². The number of para-hydroxylation sites is 2. The lowest BCUT2D eigenvalue weighted by atomic mass is 10.1. The molecule has 148 valence electrons. The third-order valence-electron chi connectivity index (χ3n) is 4.34. The van der Waals surface area contributed by atoms with E-state index < -0.39 is 11.9 Å². The van der Waals surface area contributed by atoms with E-state index in [1.54, 1.807) is 6.07 Å². The second-order valence-corrected chi connectivity index (χ2v) is 6.53. The molecule has 0 aliphatic heterocycles. The van der Waals surface area contributed by atoms with Crippen LogP contribution in [0.1, 0.15) is 36.5 Å². The van der Waals surface area contributed by atoms with Crippen molar-refractivity contribution in [2.24, 2.45) is 0 Å². The minimum absolute atomic E-state index is 0.00705. The van der Waals surface area contributed by atoms with Crippen LogP contribution in [0, 0.1) is 13.8 Å². The van der Waals surface area contributed by atoms with Gasteiger partial charge >= 0.3 is 5.97 Å². The van der Waals surface area contributed by atoms with Crippen LogP contribution in [-0.2, 0) is 25.5 Å². The molecule has 0 aliphatic rings. The van der Waals surface area contributed by atoms with Crippen LogP contribution in [0.5, 0.6) is 0 Å². The highest BCUT2D eigenvalue weighted by molar-refractivity contribution is 5.95. The normalized spacial score (nSPS) is 10.2. The van der Waals surface area contributed by atoms with E-state index in [9.17, 15) is 14.4 Å². The van der Waals surface area contributed by atoms with Crippen LogP contribution in [0.15, 0.2) is 42.5 Å². The zero-order valence-corrected chi connectivity index (χ0v) is 16.5. The first kappa shape index (κ1) is 21.2. The quantitative estimate of drug-likeness (QED) is 0.681. The first-order valence-electron chi connectivity index (χ1n) is 9.30. The Hall–Kier alpha value is -3.15. The molecule has 0 spiro atoms. The average molecular weight is 382 g/mol. The van der Waals surface area contributed by atoms with Gasteiger partial charge in [0.25, 0.3) is 5.91 Å². The first-order valence-corrected chi connectivity index (χ1v) is 9.30. The summed E-state index contributed by atoms with van der Waals surface area (Å²) in [6.45, 7) is 5.43. The van der Waals surface area contributed by atoms with Crippen molar-refractivity contribution in [2.45, 2.75) is 40.0 Å². The van der Waals surface area contributed by atoms with E-state index in [0.717, 1.165) is 28.8 Å². The summed E-state index contributed by atoms with van der Waals surface area (Å²) in [5.74, 6) is -1.26. The minimum atomic E-state index is -0.587. The smallest absolute Gasteiger partial charge is 0.306 e. The Morgan fingerprint density at radius 1 is 0.857 bits per heavy atom. The van der Waals surface area contributed by atoms with E-state index in [4.69, 9.17) is 4.74 Å².